The van der Waals surface area contributed by atoms with E-state index in [0.717, 1.165) is 32.2 Å². The first-order valence-electron chi connectivity index (χ1n) is 6.31. The molecule has 16 heavy (non-hydrogen) atoms. The standard InChI is InChI=1S/C12H24N2O.ClH/c1-10-7-13-8-11(2)14(10)9-12-3-5-15-6-4-12;/h10-13H,3-9H2,1-2H3;1H/t10-,11+;. The third kappa shape index (κ3) is 3.59. The lowest BCUT2D eigenvalue weighted by molar-refractivity contribution is 0.0302. The van der Waals surface area contributed by atoms with Crippen molar-refractivity contribution in [2.45, 2.75) is 38.8 Å². The van der Waals surface area contributed by atoms with Crippen LogP contribution in [0.1, 0.15) is 26.7 Å². The predicted molar refractivity (Wildman–Crippen MR) is 69.3 cm³/mol. The highest BCUT2D eigenvalue weighted by Gasteiger charge is 2.27. The van der Waals surface area contributed by atoms with Gasteiger partial charge in [-0.1, -0.05) is 0 Å². The summed E-state index contributed by atoms with van der Waals surface area (Å²) in [6.45, 7) is 10.2. The molecule has 2 heterocycles. The van der Waals surface area contributed by atoms with Gasteiger partial charge in [-0.05, 0) is 32.6 Å². The van der Waals surface area contributed by atoms with Crippen LogP contribution in [-0.2, 0) is 4.74 Å². The third-order valence-electron chi connectivity index (χ3n) is 3.82. The van der Waals surface area contributed by atoms with E-state index in [-0.39, 0.29) is 12.4 Å². The molecule has 0 aromatic rings. The fourth-order valence-electron chi connectivity index (χ4n) is 2.76. The maximum absolute atomic E-state index is 5.41. The average molecular weight is 249 g/mol. The van der Waals surface area contributed by atoms with E-state index in [0.29, 0.717) is 12.1 Å². The van der Waals surface area contributed by atoms with Crippen LogP contribution < -0.4 is 5.32 Å². The van der Waals surface area contributed by atoms with Gasteiger partial charge in [0.05, 0.1) is 0 Å². The molecule has 0 unspecified atom stereocenters. The molecule has 2 saturated heterocycles. The van der Waals surface area contributed by atoms with E-state index in [1.165, 1.54) is 19.4 Å². The van der Waals surface area contributed by atoms with Crippen LogP contribution >= 0.6 is 12.4 Å². The van der Waals surface area contributed by atoms with Crippen molar-refractivity contribution in [1.82, 2.24) is 10.2 Å². The number of nitrogens with one attached hydrogen (secondary N) is 1. The molecular weight excluding hydrogens is 224 g/mol. The Bertz CT molecular complexity index is 187. The van der Waals surface area contributed by atoms with Gasteiger partial charge in [-0.25, -0.2) is 0 Å². The van der Waals surface area contributed by atoms with Gasteiger partial charge in [0, 0.05) is 44.9 Å². The van der Waals surface area contributed by atoms with Crippen LogP contribution in [0.25, 0.3) is 0 Å². The van der Waals surface area contributed by atoms with E-state index in [1.54, 1.807) is 0 Å². The third-order valence-corrected chi connectivity index (χ3v) is 3.82. The summed E-state index contributed by atoms with van der Waals surface area (Å²) in [6, 6.07) is 1.38. The van der Waals surface area contributed by atoms with Gasteiger partial charge in [0.2, 0.25) is 0 Å². The number of ether oxygens (including phenoxy) is 1. The van der Waals surface area contributed by atoms with Gasteiger partial charge in [-0.2, -0.15) is 0 Å². The minimum Gasteiger partial charge on any atom is -0.381 e. The number of piperazine rings is 1. The smallest absolute Gasteiger partial charge is 0.0469 e. The Hall–Kier alpha value is 0.170. The quantitative estimate of drug-likeness (QED) is 0.802. The van der Waals surface area contributed by atoms with Crippen LogP contribution in [0.3, 0.4) is 0 Å². The minimum atomic E-state index is 0. The molecule has 0 radical (unpaired) electrons. The Morgan fingerprint density at radius 2 is 1.69 bits per heavy atom. The van der Waals surface area contributed by atoms with Crippen molar-refractivity contribution in [3.05, 3.63) is 0 Å². The Labute approximate surface area is 105 Å². The number of halogens is 1. The van der Waals surface area contributed by atoms with Gasteiger partial charge < -0.3 is 10.1 Å². The molecule has 0 amide bonds. The van der Waals surface area contributed by atoms with Crippen molar-refractivity contribution >= 4 is 12.4 Å². The Kier molecular flexibility index (Phi) is 6.05. The van der Waals surface area contributed by atoms with Crippen LogP contribution in [0.15, 0.2) is 0 Å². The number of nitrogens with zero attached hydrogens (tertiary/aromatic N) is 1. The zero-order valence-electron chi connectivity index (χ0n) is 10.4. The molecule has 96 valence electrons. The molecule has 0 spiro atoms. The van der Waals surface area contributed by atoms with Crippen LogP contribution in [0, 0.1) is 5.92 Å². The van der Waals surface area contributed by atoms with E-state index in [4.69, 9.17) is 4.74 Å². The van der Waals surface area contributed by atoms with Gasteiger partial charge in [0.25, 0.3) is 0 Å². The van der Waals surface area contributed by atoms with Crippen molar-refractivity contribution in [2.75, 3.05) is 32.8 Å². The van der Waals surface area contributed by atoms with Crippen molar-refractivity contribution in [1.29, 1.82) is 0 Å². The minimum absolute atomic E-state index is 0. The maximum atomic E-state index is 5.41. The van der Waals surface area contributed by atoms with Gasteiger partial charge >= 0.3 is 0 Å². The summed E-state index contributed by atoms with van der Waals surface area (Å²) in [5.41, 5.74) is 0. The first-order valence-corrected chi connectivity index (χ1v) is 6.31. The molecule has 3 nitrogen and oxygen atoms in total. The maximum Gasteiger partial charge on any atom is 0.0469 e. The Morgan fingerprint density at radius 3 is 2.25 bits per heavy atom. The summed E-state index contributed by atoms with van der Waals surface area (Å²) in [6.07, 6.45) is 2.51. The monoisotopic (exact) mass is 248 g/mol. The topological polar surface area (TPSA) is 24.5 Å². The molecular formula is C12H25ClN2O. The Morgan fingerprint density at radius 1 is 1.12 bits per heavy atom. The molecule has 2 aliphatic heterocycles. The van der Waals surface area contributed by atoms with Crippen molar-refractivity contribution < 1.29 is 4.74 Å². The van der Waals surface area contributed by atoms with Crippen molar-refractivity contribution in [3.63, 3.8) is 0 Å². The molecule has 0 bridgehead atoms. The SMILES string of the molecule is C[C@@H]1CNC[C@H](C)N1CC1CCOCC1.Cl. The van der Waals surface area contributed by atoms with Crippen molar-refractivity contribution in [2.24, 2.45) is 5.92 Å². The number of rotatable bonds is 2. The first kappa shape index (κ1) is 14.2. The summed E-state index contributed by atoms with van der Waals surface area (Å²) in [7, 11) is 0. The second-order valence-corrected chi connectivity index (χ2v) is 5.11. The van der Waals surface area contributed by atoms with E-state index >= 15 is 0 Å². The number of hydrogen-bond donors (Lipinski definition) is 1. The largest absolute Gasteiger partial charge is 0.381 e. The lowest BCUT2D eigenvalue weighted by atomic mass is 9.97. The Balaban J connectivity index is 0.00000128. The van der Waals surface area contributed by atoms with Gasteiger partial charge in [-0.3, -0.25) is 4.90 Å². The fourth-order valence-corrected chi connectivity index (χ4v) is 2.76. The molecule has 2 fully saturated rings. The normalized spacial score (nSPS) is 33.4. The van der Waals surface area contributed by atoms with Crippen LogP contribution in [0.4, 0.5) is 0 Å². The van der Waals surface area contributed by atoms with Crippen LogP contribution in [0.2, 0.25) is 0 Å². The summed E-state index contributed by atoms with van der Waals surface area (Å²) in [5, 5.41) is 3.49. The predicted octanol–water partition coefficient (Wildman–Crippen LogP) is 1.52. The summed E-state index contributed by atoms with van der Waals surface area (Å²) in [4.78, 5) is 2.67. The van der Waals surface area contributed by atoms with E-state index in [2.05, 4.69) is 24.1 Å². The van der Waals surface area contributed by atoms with Gasteiger partial charge in [-0.15, -0.1) is 12.4 Å². The first-order chi connectivity index (χ1) is 7.27. The van der Waals surface area contributed by atoms with Crippen LogP contribution in [0.5, 0.6) is 0 Å². The molecule has 0 aliphatic carbocycles. The van der Waals surface area contributed by atoms with Gasteiger partial charge in [0.1, 0.15) is 0 Å². The van der Waals surface area contributed by atoms with Crippen molar-refractivity contribution in [3.8, 4) is 0 Å². The molecule has 0 aromatic heterocycles. The average Bonchev–Trinajstić information content (AvgIpc) is 2.25. The zero-order valence-corrected chi connectivity index (χ0v) is 11.3. The fraction of sp³-hybridized carbons (Fsp3) is 1.00. The van der Waals surface area contributed by atoms with Crippen LogP contribution in [-0.4, -0.2) is 49.8 Å². The summed E-state index contributed by atoms with van der Waals surface area (Å²) >= 11 is 0. The highest BCUT2D eigenvalue weighted by Crippen LogP contribution is 2.20. The zero-order chi connectivity index (χ0) is 10.7. The lowest BCUT2D eigenvalue weighted by Crippen LogP contribution is -2.56. The molecule has 2 aliphatic rings. The highest BCUT2D eigenvalue weighted by molar-refractivity contribution is 5.85. The molecule has 2 atom stereocenters. The molecule has 0 aromatic carbocycles. The summed E-state index contributed by atoms with van der Waals surface area (Å²) in [5.74, 6) is 0.863. The molecule has 0 saturated carbocycles. The lowest BCUT2D eigenvalue weighted by Gasteiger charge is -2.41. The highest BCUT2D eigenvalue weighted by atomic mass is 35.5. The van der Waals surface area contributed by atoms with E-state index in [9.17, 15) is 0 Å². The molecule has 1 N–H and O–H groups in total. The van der Waals surface area contributed by atoms with Gasteiger partial charge in [0.15, 0.2) is 0 Å². The molecule has 2 rings (SSSR count). The second kappa shape index (κ2) is 6.80. The van der Waals surface area contributed by atoms with E-state index in [1.807, 2.05) is 0 Å². The number of hydrogen-bond acceptors (Lipinski definition) is 3. The summed E-state index contributed by atoms with van der Waals surface area (Å²) < 4.78 is 5.41. The van der Waals surface area contributed by atoms with E-state index < -0.39 is 0 Å². The molecule has 4 heteroatoms. The second-order valence-electron chi connectivity index (χ2n) is 5.11.